The lowest BCUT2D eigenvalue weighted by atomic mass is 9.89. The Morgan fingerprint density at radius 1 is 1.64 bits per heavy atom. The molecule has 4 nitrogen and oxygen atoms in total. The fourth-order valence-corrected chi connectivity index (χ4v) is 1.49. The van der Waals surface area contributed by atoms with Gasteiger partial charge in [-0.2, -0.15) is 0 Å². The lowest BCUT2D eigenvalue weighted by Crippen LogP contribution is -2.21. The number of aliphatic imine (C=N–C) groups is 1. The minimum Gasteiger partial charge on any atom is -0.481 e. The van der Waals surface area contributed by atoms with Crippen LogP contribution in [0.1, 0.15) is 33.6 Å². The number of carboxylic acid groups (broad SMARTS) is 1. The molecule has 0 fully saturated rings. The van der Waals surface area contributed by atoms with Crippen molar-refractivity contribution in [1.29, 1.82) is 0 Å². The van der Waals surface area contributed by atoms with E-state index in [9.17, 15) is 4.79 Å². The maximum Gasteiger partial charge on any atom is 0.312 e. The number of nitrogens with zero attached hydrogens (tertiary/aromatic N) is 1. The third-order valence-corrected chi connectivity index (χ3v) is 1.92. The standard InChI is InChI=1S/C10H17NO3/c1-10(2,3)5-7-6-11-8(14-7)4-9(12)13/h7H,4-6H2,1-3H3,(H,12,13). The summed E-state index contributed by atoms with van der Waals surface area (Å²) in [5, 5.41) is 8.53. The van der Waals surface area contributed by atoms with Crippen molar-refractivity contribution >= 4 is 11.9 Å². The molecular weight excluding hydrogens is 182 g/mol. The maximum atomic E-state index is 10.4. The van der Waals surface area contributed by atoms with Crippen LogP contribution in [0.3, 0.4) is 0 Å². The van der Waals surface area contributed by atoms with Crippen molar-refractivity contribution in [2.24, 2.45) is 10.4 Å². The average Bonchev–Trinajstić information content (AvgIpc) is 2.30. The van der Waals surface area contributed by atoms with Gasteiger partial charge >= 0.3 is 5.97 Å². The zero-order chi connectivity index (χ0) is 10.8. The van der Waals surface area contributed by atoms with Crippen molar-refractivity contribution < 1.29 is 14.6 Å². The summed E-state index contributed by atoms with van der Waals surface area (Å²) < 4.78 is 5.42. The Morgan fingerprint density at radius 2 is 2.29 bits per heavy atom. The minimum atomic E-state index is -0.889. The second-order valence-electron chi connectivity index (χ2n) is 4.81. The van der Waals surface area contributed by atoms with Crippen LogP contribution in [0.15, 0.2) is 4.99 Å². The molecule has 0 radical (unpaired) electrons. The highest BCUT2D eigenvalue weighted by atomic mass is 16.5. The van der Waals surface area contributed by atoms with Crippen LogP contribution in [0.25, 0.3) is 0 Å². The quantitative estimate of drug-likeness (QED) is 0.752. The van der Waals surface area contributed by atoms with Crippen LogP contribution < -0.4 is 0 Å². The molecular formula is C10H17NO3. The summed E-state index contributed by atoms with van der Waals surface area (Å²) in [7, 11) is 0. The normalized spacial score (nSPS) is 21.6. The summed E-state index contributed by atoms with van der Waals surface area (Å²) >= 11 is 0. The van der Waals surface area contributed by atoms with Crippen molar-refractivity contribution in [3.63, 3.8) is 0 Å². The number of rotatable bonds is 3. The fraction of sp³-hybridized carbons (Fsp3) is 0.800. The molecule has 14 heavy (non-hydrogen) atoms. The molecule has 1 unspecified atom stereocenters. The zero-order valence-corrected chi connectivity index (χ0v) is 8.91. The van der Waals surface area contributed by atoms with Crippen LogP contribution in [-0.2, 0) is 9.53 Å². The molecule has 4 heteroatoms. The number of hydrogen-bond acceptors (Lipinski definition) is 3. The number of ether oxygens (including phenoxy) is 1. The van der Waals surface area contributed by atoms with E-state index >= 15 is 0 Å². The first-order valence-electron chi connectivity index (χ1n) is 4.78. The van der Waals surface area contributed by atoms with Crippen LogP contribution in [-0.4, -0.2) is 29.6 Å². The average molecular weight is 199 g/mol. The third kappa shape index (κ3) is 3.77. The monoisotopic (exact) mass is 199 g/mol. The van der Waals surface area contributed by atoms with Gasteiger partial charge in [-0.05, 0) is 11.8 Å². The van der Waals surface area contributed by atoms with Gasteiger partial charge in [-0.25, -0.2) is 0 Å². The van der Waals surface area contributed by atoms with Crippen LogP contribution in [0.5, 0.6) is 0 Å². The van der Waals surface area contributed by atoms with E-state index in [0.717, 1.165) is 6.42 Å². The molecule has 0 aromatic rings. The van der Waals surface area contributed by atoms with Crippen molar-refractivity contribution in [3.05, 3.63) is 0 Å². The first kappa shape index (κ1) is 11.0. The Kier molecular flexibility index (Phi) is 3.13. The summed E-state index contributed by atoms with van der Waals surface area (Å²) in [6.07, 6.45) is 0.865. The Bertz CT molecular complexity index is 253. The van der Waals surface area contributed by atoms with Gasteiger partial charge in [0.1, 0.15) is 12.5 Å². The summed E-state index contributed by atoms with van der Waals surface area (Å²) in [6, 6.07) is 0. The summed E-state index contributed by atoms with van der Waals surface area (Å²) in [6.45, 7) is 6.99. The van der Waals surface area contributed by atoms with E-state index < -0.39 is 5.97 Å². The molecule has 0 saturated heterocycles. The Labute approximate surface area is 84.0 Å². The van der Waals surface area contributed by atoms with E-state index in [-0.39, 0.29) is 17.9 Å². The molecule has 1 heterocycles. The maximum absolute atomic E-state index is 10.4. The van der Waals surface area contributed by atoms with Crippen LogP contribution >= 0.6 is 0 Å². The SMILES string of the molecule is CC(C)(C)CC1CN=C(CC(=O)O)O1. The topological polar surface area (TPSA) is 58.9 Å². The first-order chi connectivity index (χ1) is 6.37. The molecule has 1 rings (SSSR count). The molecule has 0 aromatic carbocycles. The Hall–Kier alpha value is -1.06. The van der Waals surface area contributed by atoms with Gasteiger partial charge in [0.2, 0.25) is 0 Å². The van der Waals surface area contributed by atoms with Gasteiger partial charge in [0, 0.05) is 0 Å². The van der Waals surface area contributed by atoms with E-state index in [1.165, 1.54) is 0 Å². The predicted molar refractivity (Wildman–Crippen MR) is 53.5 cm³/mol. The van der Waals surface area contributed by atoms with Gasteiger partial charge in [-0.15, -0.1) is 0 Å². The third-order valence-electron chi connectivity index (χ3n) is 1.92. The Balaban J connectivity index is 2.35. The highest BCUT2D eigenvalue weighted by Crippen LogP contribution is 2.25. The predicted octanol–water partition coefficient (Wildman–Crippen LogP) is 1.69. The van der Waals surface area contributed by atoms with Crippen molar-refractivity contribution in [1.82, 2.24) is 0 Å². The number of carboxylic acids is 1. The number of aliphatic carboxylic acids is 1. The van der Waals surface area contributed by atoms with E-state index in [1.807, 2.05) is 0 Å². The fourth-order valence-electron chi connectivity index (χ4n) is 1.49. The van der Waals surface area contributed by atoms with E-state index in [0.29, 0.717) is 12.4 Å². The molecule has 0 aliphatic carbocycles. The van der Waals surface area contributed by atoms with Crippen LogP contribution in [0, 0.1) is 5.41 Å². The molecule has 0 saturated carbocycles. The number of hydrogen-bond donors (Lipinski definition) is 1. The summed E-state index contributed by atoms with van der Waals surface area (Å²) in [5.74, 6) is -0.521. The number of carbonyl (C=O) groups is 1. The van der Waals surface area contributed by atoms with Crippen LogP contribution in [0.4, 0.5) is 0 Å². The second kappa shape index (κ2) is 3.98. The zero-order valence-electron chi connectivity index (χ0n) is 8.91. The van der Waals surface area contributed by atoms with Crippen LogP contribution in [0.2, 0.25) is 0 Å². The molecule has 1 aliphatic heterocycles. The first-order valence-corrected chi connectivity index (χ1v) is 4.78. The highest BCUT2D eigenvalue weighted by molar-refractivity contribution is 5.94. The largest absolute Gasteiger partial charge is 0.481 e. The molecule has 0 spiro atoms. The Morgan fingerprint density at radius 3 is 2.79 bits per heavy atom. The molecule has 0 bridgehead atoms. The molecule has 80 valence electrons. The minimum absolute atomic E-state index is 0.0596. The molecule has 0 amide bonds. The van der Waals surface area contributed by atoms with E-state index in [4.69, 9.17) is 9.84 Å². The van der Waals surface area contributed by atoms with E-state index in [1.54, 1.807) is 0 Å². The second-order valence-corrected chi connectivity index (χ2v) is 4.81. The molecule has 1 atom stereocenters. The summed E-state index contributed by atoms with van der Waals surface area (Å²) in [5.41, 5.74) is 0.193. The van der Waals surface area contributed by atoms with Gasteiger partial charge in [-0.3, -0.25) is 9.79 Å². The van der Waals surface area contributed by atoms with Gasteiger partial charge in [0.05, 0.1) is 6.54 Å². The molecule has 1 N–H and O–H groups in total. The van der Waals surface area contributed by atoms with Gasteiger partial charge in [-0.1, -0.05) is 20.8 Å². The summed E-state index contributed by atoms with van der Waals surface area (Å²) in [4.78, 5) is 14.4. The van der Waals surface area contributed by atoms with Crippen molar-refractivity contribution in [2.45, 2.75) is 39.7 Å². The van der Waals surface area contributed by atoms with Gasteiger partial charge < -0.3 is 9.84 Å². The van der Waals surface area contributed by atoms with Gasteiger partial charge in [0.25, 0.3) is 0 Å². The van der Waals surface area contributed by atoms with Crippen molar-refractivity contribution in [2.75, 3.05) is 6.54 Å². The lowest BCUT2D eigenvalue weighted by molar-refractivity contribution is -0.135. The van der Waals surface area contributed by atoms with Crippen molar-refractivity contribution in [3.8, 4) is 0 Å². The molecule has 0 aromatic heterocycles. The van der Waals surface area contributed by atoms with Gasteiger partial charge in [0.15, 0.2) is 5.90 Å². The molecule has 1 aliphatic rings. The lowest BCUT2D eigenvalue weighted by Gasteiger charge is -2.22. The smallest absolute Gasteiger partial charge is 0.312 e. The highest BCUT2D eigenvalue weighted by Gasteiger charge is 2.26. The van der Waals surface area contributed by atoms with E-state index in [2.05, 4.69) is 25.8 Å².